The van der Waals surface area contributed by atoms with Crippen LogP contribution in [-0.4, -0.2) is 63.3 Å². The molecule has 0 saturated carbocycles. The molecular weight excluding hydrogens is 334 g/mol. The molecule has 1 aliphatic rings. The van der Waals surface area contributed by atoms with Gasteiger partial charge in [0.2, 0.25) is 11.8 Å². The zero-order valence-corrected chi connectivity index (χ0v) is 15.0. The molecule has 1 saturated heterocycles. The van der Waals surface area contributed by atoms with Crippen LogP contribution in [0.4, 0.5) is 0 Å². The number of rotatable bonds is 9. The summed E-state index contributed by atoms with van der Waals surface area (Å²) < 4.78 is 0. The van der Waals surface area contributed by atoms with Crippen LogP contribution in [-0.2, 0) is 14.4 Å². The molecule has 0 radical (unpaired) electrons. The number of carbonyl (C=O) groups is 3. The van der Waals surface area contributed by atoms with Gasteiger partial charge in [-0.25, -0.2) is 5.48 Å². The highest BCUT2D eigenvalue weighted by molar-refractivity contribution is 7.99. The number of aliphatic hydroxyl groups excluding tert-OH is 1. The van der Waals surface area contributed by atoms with Crippen molar-refractivity contribution in [3.63, 3.8) is 0 Å². The average molecular weight is 361 g/mol. The Kier molecular flexibility index (Phi) is 9.09. The van der Waals surface area contributed by atoms with E-state index in [4.69, 9.17) is 5.21 Å². The lowest BCUT2D eigenvalue weighted by atomic mass is 9.93. The molecule has 3 amide bonds. The number of hydrogen-bond acceptors (Lipinski definition) is 6. The van der Waals surface area contributed by atoms with Gasteiger partial charge in [0.15, 0.2) is 0 Å². The first-order chi connectivity index (χ1) is 11.5. The van der Waals surface area contributed by atoms with E-state index in [1.807, 2.05) is 13.8 Å². The summed E-state index contributed by atoms with van der Waals surface area (Å²) in [6.07, 6.45) is 0.924. The van der Waals surface area contributed by atoms with Crippen LogP contribution in [0, 0.1) is 5.92 Å². The smallest absolute Gasteiger partial charge is 0.272 e. The lowest BCUT2D eigenvalue weighted by Crippen LogP contribution is -2.52. The molecule has 24 heavy (non-hydrogen) atoms. The van der Waals surface area contributed by atoms with Gasteiger partial charge in [0.05, 0.1) is 11.8 Å². The van der Waals surface area contributed by atoms with Crippen LogP contribution < -0.4 is 10.8 Å². The van der Waals surface area contributed by atoms with E-state index in [-0.39, 0.29) is 5.91 Å². The third-order valence-corrected chi connectivity index (χ3v) is 4.98. The minimum atomic E-state index is -1.64. The van der Waals surface area contributed by atoms with Crippen molar-refractivity contribution in [2.24, 2.45) is 5.92 Å². The summed E-state index contributed by atoms with van der Waals surface area (Å²) in [5, 5.41) is 21.6. The summed E-state index contributed by atoms with van der Waals surface area (Å²) in [6, 6.07) is -0.595. The van der Waals surface area contributed by atoms with Gasteiger partial charge in [-0.3, -0.25) is 19.6 Å². The monoisotopic (exact) mass is 361 g/mol. The number of nitrogens with zero attached hydrogens (tertiary/aromatic N) is 1. The maximum atomic E-state index is 12.8. The van der Waals surface area contributed by atoms with Crippen LogP contribution in [0.1, 0.15) is 39.5 Å². The Balaban J connectivity index is 2.86. The highest BCUT2D eigenvalue weighted by Gasteiger charge is 2.41. The quantitative estimate of drug-likeness (QED) is 0.341. The van der Waals surface area contributed by atoms with Gasteiger partial charge in [-0.2, -0.15) is 0 Å². The maximum absolute atomic E-state index is 12.8. The molecule has 0 aromatic heterocycles. The molecule has 0 aliphatic carbocycles. The molecule has 3 atom stereocenters. The second-order valence-electron chi connectivity index (χ2n) is 5.78. The molecule has 0 aromatic rings. The molecule has 1 rings (SSSR count). The third-order valence-electron chi connectivity index (χ3n) is 3.96. The van der Waals surface area contributed by atoms with Crippen molar-refractivity contribution in [3.05, 3.63) is 0 Å². The SMILES string of the molecule is CCCCC(C(=O)N1CSCC1C(=O)NCCC)C(O)C(=O)NO. The van der Waals surface area contributed by atoms with Crippen LogP contribution in [0.5, 0.6) is 0 Å². The topological polar surface area (TPSA) is 119 Å². The maximum Gasteiger partial charge on any atom is 0.272 e. The van der Waals surface area contributed by atoms with Gasteiger partial charge in [-0.15, -0.1) is 11.8 Å². The van der Waals surface area contributed by atoms with Gasteiger partial charge in [-0.1, -0.05) is 26.7 Å². The zero-order chi connectivity index (χ0) is 18.1. The van der Waals surface area contributed by atoms with E-state index in [0.29, 0.717) is 31.0 Å². The number of unbranched alkanes of at least 4 members (excludes halogenated alkanes) is 1. The summed E-state index contributed by atoms with van der Waals surface area (Å²) in [4.78, 5) is 38.0. The van der Waals surface area contributed by atoms with Gasteiger partial charge < -0.3 is 15.3 Å². The van der Waals surface area contributed by atoms with Crippen LogP contribution in [0.25, 0.3) is 0 Å². The standard InChI is InChI=1S/C15H27N3O5S/c1-3-5-6-10(12(19)14(21)17-23)15(22)18-9-24-8-11(18)13(20)16-7-4-2/h10-12,19,23H,3-9H2,1-2H3,(H,16,20)(H,17,21). The molecule has 1 aliphatic heterocycles. The Morgan fingerprint density at radius 3 is 2.58 bits per heavy atom. The second kappa shape index (κ2) is 10.5. The summed E-state index contributed by atoms with van der Waals surface area (Å²) >= 11 is 1.46. The lowest BCUT2D eigenvalue weighted by molar-refractivity contribution is -0.152. The summed E-state index contributed by atoms with van der Waals surface area (Å²) in [6.45, 7) is 4.42. The van der Waals surface area contributed by atoms with Gasteiger partial charge in [0.25, 0.3) is 5.91 Å². The number of hydrogen-bond donors (Lipinski definition) is 4. The van der Waals surface area contributed by atoms with E-state index >= 15 is 0 Å². The van der Waals surface area contributed by atoms with E-state index in [2.05, 4.69) is 5.32 Å². The Bertz CT molecular complexity index is 449. The van der Waals surface area contributed by atoms with Crippen LogP contribution in [0.2, 0.25) is 0 Å². The van der Waals surface area contributed by atoms with Crippen molar-refractivity contribution < 1.29 is 24.7 Å². The molecule has 8 nitrogen and oxygen atoms in total. The summed E-state index contributed by atoms with van der Waals surface area (Å²) in [5.74, 6) is -1.80. The van der Waals surface area contributed by atoms with E-state index in [9.17, 15) is 19.5 Å². The Morgan fingerprint density at radius 2 is 2.00 bits per heavy atom. The van der Waals surface area contributed by atoms with Crippen LogP contribution in [0.15, 0.2) is 0 Å². The summed E-state index contributed by atoms with van der Waals surface area (Å²) in [5.41, 5.74) is 1.38. The van der Waals surface area contributed by atoms with Crippen molar-refractivity contribution in [1.29, 1.82) is 0 Å². The fraction of sp³-hybridized carbons (Fsp3) is 0.800. The Hall–Kier alpha value is -1.32. The third kappa shape index (κ3) is 5.35. The highest BCUT2D eigenvalue weighted by atomic mass is 32.2. The van der Waals surface area contributed by atoms with Crippen LogP contribution in [0.3, 0.4) is 0 Å². The molecular formula is C15H27N3O5S. The zero-order valence-electron chi connectivity index (χ0n) is 14.2. The fourth-order valence-corrected chi connectivity index (χ4v) is 3.71. The molecule has 138 valence electrons. The first-order valence-corrected chi connectivity index (χ1v) is 9.41. The first-order valence-electron chi connectivity index (χ1n) is 8.25. The molecule has 4 N–H and O–H groups in total. The fourth-order valence-electron chi connectivity index (χ4n) is 2.55. The number of aliphatic hydroxyl groups is 1. The number of hydroxylamine groups is 1. The van der Waals surface area contributed by atoms with E-state index in [0.717, 1.165) is 12.8 Å². The van der Waals surface area contributed by atoms with Gasteiger partial charge in [0, 0.05) is 12.3 Å². The number of nitrogens with one attached hydrogen (secondary N) is 2. The van der Waals surface area contributed by atoms with Crippen molar-refractivity contribution in [2.45, 2.75) is 51.7 Å². The number of thioether (sulfide) groups is 1. The largest absolute Gasteiger partial charge is 0.382 e. The predicted molar refractivity (Wildman–Crippen MR) is 90.2 cm³/mol. The van der Waals surface area contributed by atoms with Gasteiger partial charge in [0.1, 0.15) is 12.1 Å². The molecule has 1 fully saturated rings. The minimum absolute atomic E-state index is 0.217. The number of amides is 3. The molecule has 9 heteroatoms. The molecule has 0 bridgehead atoms. The van der Waals surface area contributed by atoms with Gasteiger partial charge in [-0.05, 0) is 12.8 Å². The molecule has 1 heterocycles. The predicted octanol–water partition coefficient (Wildman–Crippen LogP) is 0.0868. The second-order valence-corrected chi connectivity index (χ2v) is 6.78. The van der Waals surface area contributed by atoms with E-state index in [1.165, 1.54) is 22.1 Å². The first kappa shape index (κ1) is 20.7. The summed E-state index contributed by atoms with van der Waals surface area (Å²) in [7, 11) is 0. The van der Waals surface area contributed by atoms with Crippen molar-refractivity contribution in [3.8, 4) is 0 Å². The minimum Gasteiger partial charge on any atom is -0.382 e. The van der Waals surface area contributed by atoms with Crippen molar-refractivity contribution in [2.75, 3.05) is 18.2 Å². The van der Waals surface area contributed by atoms with Crippen LogP contribution >= 0.6 is 11.8 Å². The lowest BCUT2D eigenvalue weighted by Gasteiger charge is -2.29. The van der Waals surface area contributed by atoms with Gasteiger partial charge >= 0.3 is 0 Å². The molecule has 0 aromatic carbocycles. The normalized spacial score (nSPS) is 19.7. The van der Waals surface area contributed by atoms with E-state index in [1.54, 1.807) is 0 Å². The molecule has 0 spiro atoms. The highest BCUT2D eigenvalue weighted by Crippen LogP contribution is 2.26. The van der Waals surface area contributed by atoms with E-state index < -0.39 is 29.9 Å². The number of carbonyl (C=O) groups excluding carboxylic acids is 3. The van der Waals surface area contributed by atoms with Crippen molar-refractivity contribution in [1.82, 2.24) is 15.7 Å². The molecule has 3 unspecified atom stereocenters. The Labute approximate surface area is 146 Å². The average Bonchev–Trinajstić information content (AvgIpc) is 3.08. The van der Waals surface area contributed by atoms with Crippen molar-refractivity contribution >= 4 is 29.5 Å². The Morgan fingerprint density at radius 1 is 1.29 bits per heavy atom.